The van der Waals surface area contributed by atoms with Crippen LogP contribution in [-0.4, -0.2) is 17.6 Å². The normalized spacial score (nSPS) is 10.6. The minimum absolute atomic E-state index is 0.0332. The average Bonchev–Trinajstić information content (AvgIpc) is 2.75. The molecule has 0 aliphatic rings. The summed E-state index contributed by atoms with van der Waals surface area (Å²) in [5.74, 6) is 0.108. The summed E-state index contributed by atoms with van der Waals surface area (Å²) in [5.41, 5.74) is 2.33. The second kappa shape index (κ2) is 10.1. The fourth-order valence-electron chi connectivity index (χ4n) is 2.89. The van der Waals surface area contributed by atoms with E-state index in [0.717, 1.165) is 11.3 Å². The van der Waals surface area contributed by atoms with E-state index in [2.05, 4.69) is 12.2 Å². The number of pyridine rings is 1. The smallest absolute Gasteiger partial charge is 0.244 e. The van der Waals surface area contributed by atoms with Crippen molar-refractivity contribution >= 4 is 23.4 Å². The van der Waals surface area contributed by atoms with Crippen molar-refractivity contribution in [1.82, 2.24) is 4.57 Å². The number of aromatic nitrogens is 1. The topological polar surface area (TPSA) is 60.3 Å². The summed E-state index contributed by atoms with van der Waals surface area (Å²) >= 11 is 1.45. The molecular formula is C23H23FN2O3S. The van der Waals surface area contributed by atoms with E-state index in [4.69, 9.17) is 4.74 Å². The van der Waals surface area contributed by atoms with E-state index < -0.39 is 0 Å². The zero-order valence-corrected chi connectivity index (χ0v) is 17.7. The summed E-state index contributed by atoms with van der Waals surface area (Å²) in [6.07, 6.45) is 2.48. The Morgan fingerprint density at radius 2 is 1.83 bits per heavy atom. The third kappa shape index (κ3) is 5.73. The molecule has 0 saturated heterocycles. The number of aryl methyl sites for hydroxylation is 1. The van der Waals surface area contributed by atoms with Crippen LogP contribution >= 0.6 is 11.8 Å². The zero-order valence-electron chi connectivity index (χ0n) is 16.9. The van der Waals surface area contributed by atoms with Gasteiger partial charge in [-0.25, -0.2) is 4.39 Å². The Morgan fingerprint density at radius 3 is 2.47 bits per heavy atom. The number of carbonyl (C=O) groups excluding carboxylic acids is 1. The number of hydrogen-bond donors (Lipinski definition) is 1. The molecular weight excluding hydrogens is 403 g/mol. The number of rotatable bonds is 8. The summed E-state index contributed by atoms with van der Waals surface area (Å²) in [7, 11) is 1.42. The van der Waals surface area contributed by atoms with Crippen LogP contribution in [0.25, 0.3) is 0 Å². The van der Waals surface area contributed by atoms with Crippen molar-refractivity contribution in [2.24, 2.45) is 0 Å². The average molecular weight is 427 g/mol. The van der Waals surface area contributed by atoms with E-state index in [0.29, 0.717) is 17.1 Å². The number of ether oxygens (including phenoxy) is 1. The highest BCUT2D eigenvalue weighted by Gasteiger charge is 2.12. The number of benzene rings is 2. The van der Waals surface area contributed by atoms with Crippen molar-refractivity contribution in [3.05, 3.63) is 88.1 Å². The monoisotopic (exact) mass is 426 g/mol. The first-order valence-electron chi connectivity index (χ1n) is 9.53. The maximum atomic E-state index is 13.1. The Labute approximate surface area is 178 Å². The number of hydrogen-bond acceptors (Lipinski definition) is 4. The number of halogens is 1. The van der Waals surface area contributed by atoms with E-state index in [1.807, 2.05) is 24.3 Å². The minimum Gasteiger partial charge on any atom is -0.491 e. The third-order valence-electron chi connectivity index (χ3n) is 4.56. The Bertz CT molecular complexity index is 1060. The SMILES string of the molecule is CCc1ccc(NC(=O)Cn2cc(OC)c(=O)cc2CSc2ccc(F)cc2)cc1. The highest BCUT2D eigenvalue weighted by Crippen LogP contribution is 2.23. The summed E-state index contributed by atoms with van der Waals surface area (Å²) < 4.78 is 19.9. The van der Waals surface area contributed by atoms with Crippen LogP contribution in [0.4, 0.5) is 10.1 Å². The quantitative estimate of drug-likeness (QED) is 0.539. The number of nitrogens with one attached hydrogen (secondary N) is 1. The van der Waals surface area contributed by atoms with Gasteiger partial charge in [0.1, 0.15) is 12.4 Å². The van der Waals surface area contributed by atoms with E-state index in [1.165, 1.54) is 42.6 Å². The summed E-state index contributed by atoms with van der Waals surface area (Å²) in [6.45, 7) is 2.11. The van der Waals surface area contributed by atoms with Crippen molar-refractivity contribution in [2.75, 3.05) is 12.4 Å². The van der Waals surface area contributed by atoms with Crippen LogP contribution < -0.4 is 15.5 Å². The molecule has 3 rings (SSSR count). The lowest BCUT2D eigenvalue weighted by atomic mass is 10.1. The third-order valence-corrected chi connectivity index (χ3v) is 5.61. The number of anilines is 1. The predicted octanol–water partition coefficient (Wildman–Crippen LogP) is 4.49. The van der Waals surface area contributed by atoms with Crippen LogP contribution in [0.3, 0.4) is 0 Å². The van der Waals surface area contributed by atoms with Crippen molar-refractivity contribution in [2.45, 2.75) is 30.5 Å². The highest BCUT2D eigenvalue weighted by atomic mass is 32.2. The van der Waals surface area contributed by atoms with Gasteiger partial charge >= 0.3 is 0 Å². The van der Waals surface area contributed by atoms with Gasteiger partial charge in [0.05, 0.1) is 13.3 Å². The molecule has 0 bridgehead atoms. The summed E-state index contributed by atoms with van der Waals surface area (Å²) in [4.78, 5) is 25.7. The molecule has 7 heteroatoms. The largest absolute Gasteiger partial charge is 0.491 e. The van der Waals surface area contributed by atoms with Crippen molar-refractivity contribution in [3.8, 4) is 5.75 Å². The Hall–Kier alpha value is -3.06. The van der Waals surface area contributed by atoms with Crippen molar-refractivity contribution < 1.29 is 13.9 Å². The predicted molar refractivity (Wildman–Crippen MR) is 118 cm³/mol. The molecule has 1 aromatic heterocycles. The molecule has 3 aromatic rings. The molecule has 0 spiro atoms. The van der Waals surface area contributed by atoms with Gasteiger partial charge in [-0.15, -0.1) is 11.8 Å². The van der Waals surface area contributed by atoms with E-state index >= 15 is 0 Å². The van der Waals surface area contributed by atoms with Crippen LogP contribution in [0.1, 0.15) is 18.2 Å². The van der Waals surface area contributed by atoms with Crippen molar-refractivity contribution in [1.29, 1.82) is 0 Å². The van der Waals surface area contributed by atoms with Crippen molar-refractivity contribution in [3.63, 3.8) is 0 Å². The van der Waals surface area contributed by atoms with Crippen LogP contribution in [-0.2, 0) is 23.5 Å². The first-order valence-corrected chi connectivity index (χ1v) is 10.5. The Kier molecular flexibility index (Phi) is 7.30. The first kappa shape index (κ1) is 21.6. The minimum atomic E-state index is -0.302. The zero-order chi connectivity index (χ0) is 21.5. The molecule has 1 heterocycles. The molecule has 156 valence electrons. The van der Waals surface area contributed by atoms with Gasteiger partial charge < -0.3 is 14.6 Å². The molecule has 0 saturated carbocycles. The van der Waals surface area contributed by atoms with Crippen LogP contribution in [0.15, 0.2) is 70.5 Å². The van der Waals surface area contributed by atoms with E-state index in [1.54, 1.807) is 22.9 Å². The molecule has 0 aliphatic carbocycles. The number of nitrogens with zero attached hydrogens (tertiary/aromatic N) is 1. The van der Waals surface area contributed by atoms with Gasteiger partial charge in [-0.2, -0.15) is 0 Å². The number of thioether (sulfide) groups is 1. The van der Waals surface area contributed by atoms with Gasteiger partial charge in [-0.3, -0.25) is 9.59 Å². The molecule has 30 heavy (non-hydrogen) atoms. The molecule has 0 radical (unpaired) electrons. The molecule has 0 unspecified atom stereocenters. The Balaban J connectivity index is 1.76. The van der Waals surface area contributed by atoms with Gasteiger partial charge in [0.2, 0.25) is 11.3 Å². The van der Waals surface area contributed by atoms with Crippen LogP contribution in [0, 0.1) is 5.82 Å². The number of carbonyl (C=O) groups is 1. The van der Waals surface area contributed by atoms with Crippen LogP contribution in [0.5, 0.6) is 5.75 Å². The van der Waals surface area contributed by atoms with Gasteiger partial charge in [-0.05, 0) is 48.4 Å². The van der Waals surface area contributed by atoms with E-state index in [9.17, 15) is 14.0 Å². The second-order valence-corrected chi connectivity index (χ2v) is 7.72. The lowest BCUT2D eigenvalue weighted by Gasteiger charge is -2.15. The number of methoxy groups -OCH3 is 1. The molecule has 1 amide bonds. The fraction of sp³-hybridized carbons (Fsp3) is 0.217. The first-order chi connectivity index (χ1) is 14.5. The lowest BCUT2D eigenvalue weighted by Crippen LogP contribution is -2.22. The van der Waals surface area contributed by atoms with Gasteiger partial charge in [0, 0.05) is 28.1 Å². The van der Waals surface area contributed by atoms with Gasteiger partial charge in [0.15, 0.2) is 5.75 Å². The second-order valence-electron chi connectivity index (χ2n) is 6.67. The van der Waals surface area contributed by atoms with Gasteiger partial charge in [-0.1, -0.05) is 19.1 Å². The molecule has 0 aliphatic heterocycles. The van der Waals surface area contributed by atoms with Crippen LogP contribution in [0.2, 0.25) is 0 Å². The number of amides is 1. The molecule has 2 aromatic carbocycles. The summed E-state index contributed by atoms with van der Waals surface area (Å²) in [5, 5.41) is 2.87. The standard InChI is InChI=1S/C23H23FN2O3S/c1-3-16-4-8-18(9-5-16)25-23(28)14-26-13-22(29-2)21(27)12-19(26)15-30-20-10-6-17(24)7-11-20/h4-13H,3,14-15H2,1-2H3,(H,25,28). The Morgan fingerprint density at radius 1 is 1.13 bits per heavy atom. The van der Waals surface area contributed by atoms with Gasteiger partial charge in [0.25, 0.3) is 0 Å². The maximum Gasteiger partial charge on any atom is 0.244 e. The lowest BCUT2D eigenvalue weighted by molar-refractivity contribution is -0.116. The molecule has 5 nitrogen and oxygen atoms in total. The summed E-state index contributed by atoms with van der Waals surface area (Å²) in [6, 6.07) is 15.3. The molecule has 0 fully saturated rings. The molecule has 1 N–H and O–H groups in total. The van der Waals surface area contributed by atoms with E-state index in [-0.39, 0.29) is 29.4 Å². The fourth-order valence-corrected chi connectivity index (χ4v) is 3.78. The highest BCUT2D eigenvalue weighted by molar-refractivity contribution is 7.98. The molecule has 0 atom stereocenters. The maximum absolute atomic E-state index is 13.1.